The molecule has 1 rings (SSSR count). The minimum atomic E-state index is 0.107. The Hall–Kier alpha value is -1.10. The number of benzene rings is 1. The lowest BCUT2D eigenvalue weighted by molar-refractivity contribution is 0.0712. The second kappa shape index (κ2) is 8.08. The van der Waals surface area contributed by atoms with Crippen molar-refractivity contribution in [3.05, 3.63) is 29.3 Å². The Bertz CT molecular complexity index is 355. The fourth-order valence-electron chi connectivity index (χ4n) is 1.72. The van der Waals surface area contributed by atoms with Gasteiger partial charge in [-0.25, -0.2) is 0 Å². The van der Waals surface area contributed by atoms with E-state index in [1.54, 1.807) is 13.2 Å². The molecular weight excluding hydrogens is 230 g/mol. The number of ether oxygens (including phenoxy) is 2. The number of phenolic OH excluding ortho intramolecular Hbond substituents is 1. The van der Waals surface area contributed by atoms with E-state index in [4.69, 9.17) is 9.47 Å². The van der Waals surface area contributed by atoms with Crippen molar-refractivity contribution in [3.8, 4) is 5.75 Å². The number of hydrogen-bond donors (Lipinski definition) is 2. The zero-order chi connectivity index (χ0) is 13.4. The van der Waals surface area contributed by atoms with Crippen LogP contribution in [0.1, 0.15) is 24.1 Å². The van der Waals surface area contributed by atoms with Crippen molar-refractivity contribution in [1.82, 2.24) is 5.32 Å². The topological polar surface area (TPSA) is 50.7 Å². The van der Waals surface area contributed by atoms with Gasteiger partial charge in [0.1, 0.15) is 5.75 Å². The predicted molar refractivity (Wildman–Crippen MR) is 72.0 cm³/mol. The van der Waals surface area contributed by atoms with Crippen LogP contribution in [0.4, 0.5) is 0 Å². The van der Waals surface area contributed by atoms with E-state index in [2.05, 4.69) is 5.32 Å². The van der Waals surface area contributed by atoms with Crippen LogP contribution in [-0.2, 0) is 9.47 Å². The van der Waals surface area contributed by atoms with Gasteiger partial charge in [0, 0.05) is 25.3 Å². The van der Waals surface area contributed by atoms with Crippen molar-refractivity contribution in [1.29, 1.82) is 0 Å². The van der Waals surface area contributed by atoms with Crippen molar-refractivity contribution in [2.45, 2.75) is 19.9 Å². The Morgan fingerprint density at radius 1 is 1.28 bits per heavy atom. The van der Waals surface area contributed by atoms with Crippen LogP contribution in [0.3, 0.4) is 0 Å². The first-order valence-electron chi connectivity index (χ1n) is 6.24. The molecule has 0 heterocycles. The summed E-state index contributed by atoms with van der Waals surface area (Å²) in [6, 6.07) is 5.74. The first-order valence-corrected chi connectivity index (χ1v) is 6.24. The molecule has 2 N–H and O–H groups in total. The zero-order valence-corrected chi connectivity index (χ0v) is 11.4. The standard InChI is InChI=1S/C14H23NO3/c1-11-4-5-14(16)13(10-11)12(2)15-6-7-18-9-8-17-3/h4-5,10,12,15-16H,6-9H2,1-3H3. The van der Waals surface area contributed by atoms with Crippen molar-refractivity contribution >= 4 is 0 Å². The molecule has 102 valence electrons. The van der Waals surface area contributed by atoms with Gasteiger partial charge >= 0.3 is 0 Å². The van der Waals surface area contributed by atoms with Gasteiger partial charge in [-0.3, -0.25) is 0 Å². The molecule has 0 fully saturated rings. The summed E-state index contributed by atoms with van der Waals surface area (Å²) in [6.45, 7) is 6.67. The Labute approximate surface area is 109 Å². The van der Waals surface area contributed by atoms with E-state index < -0.39 is 0 Å². The molecule has 1 aromatic carbocycles. The van der Waals surface area contributed by atoms with Gasteiger partial charge in [0.05, 0.1) is 19.8 Å². The Balaban J connectivity index is 2.31. The average Bonchev–Trinajstić information content (AvgIpc) is 2.36. The van der Waals surface area contributed by atoms with Gasteiger partial charge in [0.15, 0.2) is 0 Å². The van der Waals surface area contributed by atoms with Crippen LogP contribution < -0.4 is 5.32 Å². The lowest BCUT2D eigenvalue weighted by Crippen LogP contribution is -2.24. The number of nitrogens with one attached hydrogen (secondary N) is 1. The SMILES string of the molecule is COCCOCCNC(C)c1cc(C)ccc1O. The summed E-state index contributed by atoms with van der Waals surface area (Å²) < 4.78 is 10.3. The highest BCUT2D eigenvalue weighted by molar-refractivity contribution is 5.37. The first-order chi connectivity index (χ1) is 8.65. The summed E-state index contributed by atoms with van der Waals surface area (Å²) in [5.74, 6) is 0.334. The highest BCUT2D eigenvalue weighted by atomic mass is 16.5. The Morgan fingerprint density at radius 3 is 2.78 bits per heavy atom. The predicted octanol–water partition coefficient (Wildman–Crippen LogP) is 2.01. The van der Waals surface area contributed by atoms with Gasteiger partial charge in [-0.15, -0.1) is 0 Å². The van der Waals surface area contributed by atoms with Gasteiger partial charge < -0.3 is 19.9 Å². The molecule has 0 aliphatic rings. The third kappa shape index (κ3) is 5.04. The number of hydrogen-bond acceptors (Lipinski definition) is 4. The number of phenols is 1. The van der Waals surface area contributed by atoms with E-state index in [0.29, 0.717) is 25.6 Å². The quantitative estimate of drug-likeness (QED) is 0.696. The monoisotopic (exact) mass is 253 g/mol. The van der Waals surface area contributed by atoms with Gasteiger partial charge in [-0.2, -0.15) is 0 Å². The van der Waals surface area contributed by atoms with E-state index in [0.717, 1.165) is 17.7 Å². The summed E-state index contributed by atoms with van der Waals surface area (Å²) >= 11 is 0. The van der Waals surface area contributed by atoms with Crippen LogP contribution in [0.15, 0.2) is 18.2 Å². The fraction of sp³-hybridized carbons (Fsp3) is 0.571. The molecule has 1 atom stereocenters. The third-order valence-electron chi connectivity index (χ3n) is 2.78. The highest BCUT2D eigenvalue weighted by Gasteiger charge is 2.09. The lowest BCUT2D eigenvalue weighted by atomic mass is 10.0. The highest BCUT2D eigenvalue weighted by Crippen LogP contribution is 2.24. The summed E-state index contributed by atoms with van der Waals surface area (Å²) in [4.78, 5) is 0. The van der Waals surface area contributed by atoms with Crippen LogP contribution in [0.2, 0.25) is 0 Å². The van der Waals surface area contributed by atoms with Gasteiger partial charge in [0.2, 0.25) is 0 Å². The summed E-state index contributed by atoms with van der Waals surface area (Å²) in [5.41, 5.74) is 2.07. The first kappa shape index (κ1) is 15.0. The van der Waals surface area contributed by atoms with Gasteiger partial charge in [-0.1, -0.05) is 17.7 Å². The molecule has 0 saturated carbocycles. The number of aryl methyl sites for hydroxylation is 1. The molecule has 0 saturated heterocycles. The van der Waals surface area contributed by atoms with Crippen molar-refractivity contribution in [2.24, 2.45) is 0 Å². The van der Waals surface area contributed by atoms with E-state index in [1.807, 2.05) is 26.0 Å². The van der Waals surface area contributed by atoms with Crippen LogP contribution in [0, 0.1) is 6.92 Å². The molecule has 0 aliphatic carbocycles. The number of aromatic hydroxyl groups is 1. The molecule has 0 bridgehead atoms. The summed E-state index contributed by atoms with van der Waals surface area (Å²) in [6.07, 6.45) is 0. The van der Waals surface area contributed by atoms with Gasteiger partial charge in [-0.05, 0) is 19.9 Å². The van der Waals surface area contributed by atoms with Crippen molar-refractivity contribution < 1.29 is 14.6 Å². The molecule has 0 amide bonds. The molecule has 18 heavy (non-hydrogen) atoms. The smallest absolute Gasteiger partial charge is 0.120 e. The largest absolute Gasteiger partial charge is 0.508 e. The van der Waals surface area contributed by atoms with Crippen molar-refractivity contribution in [2.75, 3.05) is 33.5 Å². The molecule has 0 spiro atoms. The number of rotatable bonds is 8. The van der Waals surface area contributed by atoms with Crippen LogP contribution in [0.25, 0.3) is 0 Å². The second-order valence-electron chi connectivity index (χ2n) is 4.34. The molecule has 4 nitrogen and oxygen atoms in total. The van der Waals surface area contributed by atoms with E-state index >= 15 is 0 Å². The maximum absolute atomic E-state index is 9.79. The zero-order valence-electron chi connectivity index (χ0n) is 11.4. The molecule has 0 aromatic heterocycles. The maximum Gasteiger partial charge on any atom is 0.120 e. The molecule has 1 unspecified atom stereocenters. The van der Waals surface area contributed by atoms with Crippen LogP contribution >= 0.6 is 0 Å². The van der Waals surface area contributed by atoms with Crippen LogP contribution in [-0.4, -0.2) is 38.6 Å². The molecule has 0 aliphatic heterocycles. The second-order valence-corrected chi connectivity index (χ2v) is 4.34. The average molecular weight is 253 g/mol. The van der Waals surface area contributed by atoms with E-state index in [-0.39, 0.29) is 6.04 Å². The molecular formula is C14H23NO3. The lowest BCUT2D eigenvalue weighted by Gasteiger charge is -2.16. The Kier molecular flexibility index (Phi) is 6.72. The van der Waals surface area contributed by atoms with Gasteiger partial charge in [0.25, 0.3) is 0 Å². The minimum absolute atomic E-state index is 0.107. The van der Waals surface area contributed by atoms with E-state index in [1.165, 1.54) is 0 Å². The Morgan fingerprint density at radius 2 is 2.06 bits per heavy atom. The fourth-order valence-corrected chi connectivity index (χ4v) is 1.72. The molecule has 4 heteroatoms. The van der Waals surface area contributed by atoms with E-state index in [9.17, 15) is 5.11 Å². The summed E-state index contributed by atoms with van der Waals surface area (Å²) in [5, 5.41) is 13.1. The molecule has 0 radical (unpaired) electrons. The summed E-state index contributed by atoms with van der Waals surface area (Å²) in [7, 11) is 1.66. The normalized spacial score (nSPS) is 12.6. The third-order valence-corrected chi connectivity index (χ3v) is 2.78. The molecule has 1 aromatic rings. The van der Waals surface area contributed by atoms with Crippen LogP contribution in [0.5, 0.6) is 5.75 Å². The van der Waals surface area contributed by atoms with Crippen molar-refractivity contribution in [3.63, 3.8) is 0 Å². The minimum Gasteiger partial charge on any atom is -0.508 e. The maximum atomic E-state index is 9.79. The number of methoxy groups -OCH3 is 1.